The molecule has 0 aromatic rings. The Bertz CT molecular complexity index is 163. The predicted molar refractivity (Wildman–Crippen MR) is 47.3 cm³/mol. The Morgan fingerprint density at radius 2 is 2.00 bits per heavy atom. The fourth-order valence-electron chi connectivity index (χ4n) is 0.966. The van der Waals surface area contributed by atoms with Gasteiger partial charge in [-0.25, -0.2) is 0 Å². The van der Waals surface area contributed by atoms with Gasteiger partial charge in [0.05, 0.1) is 0 Å². The first-order valence-electron chi connectivity index (χ1n) is 4.34. The molecule has 4 heteroatoms. The minimum atomic E-state index is -4.09. The SMILES string of the molecule is C=C(CC)CC(N)CCC(F)(F)F. The van der Waals surface area contributed by atoms with Crippen molar-refractivity contribution in [1.82, 2.24) is 0 Å². The molecule has 0 saturated heterocycles. The molecule has 0 spiro atoms. The van der Waals surface area contributed by atoms with E-state index in [0.29, 0.717) is 6.42 Å². The van der Waals surface area contributed by atoms with Crippen LogP contribution in [0.25, 0.3) is 0 Å². The largest absolute Gasteiger partial charge is 0.389 e. The molecular formula is C9H16F3N. The summed E-state index contributed by atoms with van der Waals surface area (Å²) in [4.78, 5) is 0. The Morgan fingerprint density at radius 3 is 2.38 bits per heavy atom. The van der Waals surface area contributed by atoms with Crippen molar-refractivity contribution in [2.45, 2.75) is 44.8 Å². The molecule has 13 heavy (non-hydrogen) atoms. The summed E-state index contributed by atoms with van der Waals surface area (Å²) in [5.41, 5.74) is 6.41. The Kier molecular flexibility index (Phi) is 5.06. The highest BCUT2D eigenvalue weighted by Crippen LogP contribution is 2.23. The van der Waals surface area contributed by atoms with Gasteiger partial charge in [0, 0.05) is 12.5 Å². The molecule has 0 bridgehead atoms. The third-order valence-electron chi connectivity index (χ3n) is 1.85. The first kappa shape index (κ1) is 12.5. The maximum absolute atomic E-state index is 11.8. The molecule has 0 aromatic carbocycles. The second-order valence-electron chi connectivity index (χ2n) is 3.22. The van der Waals surface area contributed by atoms with Gasteiger partial charge >= 0.3 is 6.18 Å². The number of rotatable bonds is 5. The highest BCUT2D eigenvalue weighted by Gasteiger charge is 2.27. The molecule has 1 atom stereocenters. The van der Waals surface area contributed by atoms with Crippen molar-refractivity contribution in [2.24, 2.45) is 5.73 Å². The highest BCUT2D eigenvalue weighted by atomic mass is 19.4. The van der Waals surface area contributed by atoms with Gasteiger partial charge in [0.1, 0.15) is 0 Å². The van der Waals surface area contributed by atoms with E-state index in [4.69, 9.17) is 5.73 Å². The van der Waals surface area contributed by atoms with E-state index in [1.807, 2.05) is 6.92 Å². The van der Waals surface area contributed by atoms with Crippen LogP contribution < -0.4 is 5.73 Å². The van der Waals surface area contributed by atoms with Crippen LogP contribution in [0.15, 0.2) is 12.2 Å². The molecule has 0 amide bonds. The second-order valence-corrected chi connectivity index (χ2v) is 3.22. The molecular weight excluding hydrogens is 179 g/mol. The summed E-state index contributed by atoms with van der Waals surface area (Å²) in [6, 6.07) is -0.408. The van der Waals surface area contributed by atoms with Gasteiger partial charge in [0.15, 0.2) is 0 Å². The fraction of sp³-hybridized carbons (Fsp3) is 0.778. The monoisotopic (exact) mass is 195 g/mol. The maximum Gasteiger partial charge on any atom is 0.389 e. The first-order chi connectivity index (χ1) is 5.85. The van der Waals surface area contributed by atoms with E-state index in [2.05, 4.69) is 6.58 Å². The average Bonchev–Trinajstić information content (AvgIpc) is 1.99. The van der Waals surface area contributed by atoms with Crippen molar-refractivity contribution in [2.75, 3.05) is 0 Å². The zero-order valence-electron chi connectivity index (χ0n) is 7.82. The van der Waals surface area contributed by atoms with Gasteiger partial charge in [0.25, 0.3) is 0 Å². The number of nitrogens with two attached hydrogens (primary N) is 1. The minimum Gasteiger partial charge on any atom is -0.327 e. The summed E-state index contributed by atoms with van der Waals surface area (Å²) in [7, 11) is 0. The molecule has 0 aliphatic heterocycles. The minimum absolute atomic E-state index is 0.0114. The maximum atomic E-state index is 11.8. The molecule has 0 aliphatic rings. The van der Waals surface area contributed by atoms with Crippen molar-refractivity contribution in [1.29, 1.82) is 0 Å². The third-order valence-corrected chi connectivity index (χ3v) is 1.85. The fourth-order valence-corrected chi connectivity index (χ4v) is 0.966. The molecule has 0 radical (unpaired) electrons. The molecule has 0 saturated carbocycles. The summed E-state index contributed by atoms with van der Waals surface area (Å²) < 4.78 is 35.3. The van der Waals surface area contributed by atoms with Crippen LogP contribution in [-0.2, 0) is 0 Å². The van der Waals surface area contributed by atoms with E-state index in [0.717, 1.165) is 12.0 Å². The van der Waals surface area contributed by atoms with Gasteiger partial charge in [-0.1, -0.05) is 19.1 Å². The Hall–Kier alpha value is -0.510. The lowest BCUT2D eigenvalue weighted by molar-refractivity contribution is -0.136. The van der Waals surface area contributed by atoms with Crippen LogP contribution >= 0.6 is 0 Å². The van der Waals surface area contributed by atoms with Crippen LogP contribution in [-0.4, -0.2) is 12.2 Å². The smallest absolute Gasteiger partial charge is 0.327 e. The molecule has 1 nitrogen and oxygen atoms in total. The number of hydrogen-bond donors (Lipinski definition) is 1. The molecule has 78 valence electrons. The van der Waals surface area contributed by atoms with Gasteiger partial charge in [-0.15, -0.1) is 0 Å². The predicted octanol–water partition coefficient (Wildman–Crippen LogP) is 3.01. The molecule has 2 N–H and O–H groups in total. The van der Waals surface area contributed by atoms with Crippen LogP contribution in [0, 0.1) is 0 Å². The quantitative estimate of drug-likeness (QED) is 0.670. The molecule has 1 unspecified atom stereocenters. The topological polar surface area (TPSA) is 26.0 Å². The van der Waals surface area contributed by atoms with Crippen LogP contribution in [0.5, 0.6) is 0 Å². The molecule has 0 aliphatic carbocycles. The zero-order chi connectivity index (χ0) is 10.5. The lowest BCUT2D eigenvalue weighted by Gasteiger charge is -2.13. The number of hydrogen-bond acceptors (Lipinski definition) is 1. The van der Waals surface area contributed by atoms with Crippen molar-refractivity contribution in [3.05, 3.63) is 12.2 Å². The zero-order valence-corrected chi connectivity index (χ0v) is 7.82. The van der Waals surface area contributed by atoms with Gasteiger partial charge in [-0.05, 0) is 19.3 Å². The van der Waals surface area contributed by atoms with Gasteiger partial charge in [0.2, 0.25) is 0 Å². The van der Waals surface area contributed by atoms with E-state index in [9.17, 15) is 13.2 Å². The lowest BCUT2D eigenvalue weighted by Crippen LogP contribution is -2.23. The van der Waals surface area contributed by atoms with Crippen LogP contribution in [0.4, 0.5) is 13.2 Å². The molecule has 0 fully saturated rings. The standard InChI is InChI=1S/C9H16F3N/c1-3-7(2)6-8(13)4-5-9(10,11)12/h8H,2-6,13H2,1H3. The number of halogens is 3. The van der Waals surface area contributed by atoms with Gasteiger partial charge in [-0.3, -0.25) is 0 Å². The molecule has 0 rings (SSSR count). The van der Waals surface area contributed by atoms with Gasteiger partial charge < -0.3 is 5.73 Å². The Morgan fingerprint density at radius 1 is 1.46 bits per heavy atom. The van der Waals surface area contributed by atoms with E-state index in [1.165, 1.54) is 0 Å². The van der Waals surface area contributed by atoms with Crippen molar-refractivity contribution in [3.63, 3.8) is 0 Å². The molecule has 0 aromatic heterocycles. The third kappa shape index (κ3) is 7.84. The lowest BCUT2D eigenvalue weighted by atomic mass is 10.0. The van der Waals surface area contributed by atoms with Crippen LogP contribution in [0.2, 0.25) is 0 Å². The summed E-state index contributed by atoms with van der Waals surface area (Å²) in [5, 5.41) is 0. The first-order valence-corrected chi connectivity index (χ1v) is 4.34. The van der Waals surface area contributed by atoms with Crippen molar-refractivity contribution < 1.29 is 13.2 Å². The van der Waals surface area contributed by atoms with E-state index >= 15 is 0 Å². The normalized spacial score (nSPS) is 14.2. The average molecular weight is 195 g/mol. The van der Waals surface area contributed by atoms with Crippen LogP contribution in [0.3, 0.4) is 0 Å². The molecule has 0 heterocycles. The Labute approximate surface area is 76.8 Å². The summed E-state index contributed by atoms with van der Waals surface area (Å²) in [6.07, 6.45) is -3.63. The summed E-state index contributed by atoms with van der Waals surface area (Å²) in [6.45, 7) is 5.61. The van der Waals surface area contributed by atoms with Crippen LogP contribution in [0.1, 0.15) is 32.6 Å². The van der Waals surface area contributed by atoms with Crippen molar-refractivity contribution >= 4 is 0 Å². The summed E-state index contributed by atoms with van der Waals surface area (Å²) >= 11 is 0. The van der Waals surface area contributed by atoms with Crippen molar-refractivity contribution in [3.8, 4) is 0 Å². The number of alkyl halides is 3. The van der Waals surface area contributed by atoms with Gasteiger partial charge in [-0.2, -0.15) is 13.2 Å². The summed E-state index contributed by atoms with van der Waals surface area (Å²) in [5.74, 6) is 0. The van der Waals surface area contributed by atoms with E-state index in [-0.39, 0.29) is 6.42 Å². The van der Waals surface area contributed by atoms with E-state index < -0.39 is 18.6 Å². The Balaban J connectivity index is 3.63. The highest BCUT2D eigenvalue weighted by molar-refractivity contribution is 4.95. The second kappa shape index (κ2) is 5.27. The van der Waals surface area contributed by atoms with E-state index in [1.54, 1.807) is 0 Å².